The maximum Gasteiger partial charge on any atom is 0.238 e. The summed E-state index contributed by atoms with van der Waals surface area (Å²) in [4.78, 5) is 25.6. The number of nitrogens with one attached hydrogen (secondary N) is 2. The lowest BCUT2D eigenvalue weighted by Crippen LogP contribution is -2.32. The van der Waals surface area contributed by atoms with Crippen molar-refractivity contribution in [1.29, 1.82) is 0 Å². The number of thioether (sulfide) groups is 1. The molecule has 6 nitrogen and oxygen atoms in total. The molecule has 1 atom stereocenters. The van der Waals surface area contributed by atoms with E-state index in [4.69, 9.17) is 32.7 Å². The standard InChI is InChI=1S/C18H14Cl2N2O4S/c19-9-1-2-15-12(5-9)22-18(24)16(27-15)8-17(23)21-11-7-14-13(6-10(11)20)25-3-4-26-14/h1-2,5-7,16H,3-4,8H2,(H,21,23)(H,22,24)/t16-/m1/s1. The Labute approximate surface area is 169 Å². The summed E-state index contributed by atoms with van der Waals surface area (Å²) in [5.74, 6) is 0.509. The molecule has 2 amide bonds. The number of carbonyl (C=O) groups is 2. The average Bonchev–Trinajstić information content (AvgIpc) is 2.63. The van der Waals surface area contributed by atoms with Crippen molar-refractivity contribution in [1.82, 2.24) is 0 Å². The number of anilines is 2. The first-order chi connectivity index (χ1) is 13.0. The number of hydrogen-bond acceptors (Lipinski definition) is 5. The highest BCUT2D eigenvalue weighted by atomic mass is 35.5. The molecule has 0 aromatic heterocycles. The third-order valence-corrected chi connectivity index (χ3v) is 5.86. The normalized spacial score (nSPS) is 17.7. The number of fused-ring (bicyclic) bond motifs is 2. The number of amides is 2. The minimum absolute atomic E-state index is 0.00331. The molecule has 2 aliphatic heterocycles. The summed E-state index contributed by atoms with van der Waals surface area (Å²) in [6.45, 7) is 0.889. The van der Waals surface area contributed by atoms with Gasteiger partial charge in [-0.05, 0) is 18.2 Å². The number of hydrogen-bond donors (Lipinski definition) is 2. The zero-order chi connectivity index (χ0) is 19.0. The van der Waals surface area contributed by atoms with E-state index >= 15 is 0 Å². The third-order valence-electron chi connectivity index (χ3n) is 4.04. The van der Waals surface area contributed by atoms with Crippen molar-refractivity contribution in [2.75, 3.05) is 23.8 Å². The summed E-state index contributed by atoms with van der Waals surface area (Å²) in [6.07, 6.45) is 0.00331. The molecule has 4 rings (SSSR count). The molecule has 0 aliphatic carbocycles. The van der Waals surface area contributed by atoms with Gasteiger partial charge in [-0.3, -0.25) is 9.59 Å². The Morgan fingerprint density at radius 2 is 1.93 bits per heavy atom. The summed E-state index contributed by atoms with van der Waals surface area (Å²) in [7, 11) is 0. The lowest BCUT2D eigenvalue weighted by molar-refractivity contribution is -0.120. The molecule has 0 fully saturated rings. The fourth-order valence-corrected chi connectivity index (χ4v) is 4.25. The second kappa shape index (κ2) is 7.50. The van der Waals surface area contributed by atoms with Crippen LogP contribution < -0.4 is 20.1 Å². The van der Waals surface area contributed by atoms with Crippen molar-refractivity contribution in [2.45, 2.75) is 16.6 Å². The van der Waals surface area contributed by atoms with Crippen molar-refractivity contribution >= 4 is 58.2 Å². The maximum atomic E-state index is 12.5. The Bertz CT molecular complexity index is 938. The molecule has 0 saturated heterocycles. The van der Waals surface area contributed by atoms with Gasteiger partial charge in [-0.2, -0.15) is 0 Å². The van der Waals surface area contributed by atoms with Crippen LogP contribution in [0.3, 0.4) is 0 Å². The van der Waals surface area contributed by atoms with Crippen molar-refractivity contribution < 1.29 is 19.1 Å². The molecule has 2 aromatic rings. The molecule has 2 aromatic carbocycles. The monoisotopic (exact) mass is 424 g/mol. The Morgan fingerprint density at radius 1 is 1.19 bits per heavy atom. The van der Waals surface area contributed by atoms with Crippen LogP contribution in [0.15, 0.2) is 35.2 Å². The molecule has 9 heteroatoms. The highest BCUT2D eigenvalue weighted by Gasteiger charge is 2.29. The van der Waals surface area contributed by atoms with E-state index in [2.05, 4.69) is 10.6 Å². The smallest absolute Gasteiger partial charge is 0.238 e. The van der Waals surface area contributed by atoms with Crippen molar-refractivity contribution in [3.63, 3.8) is 0 Å². The maximum absolute atomic E-state index is 12.5. The van der Waals surface area contributed by atoms with Crippen LogP contribution in [-0.2, 0) is 9.59 Å². The number of rotatable bonds is 3. The first-order valence-electron chi connectivity index (χ1n) is 8.15. The van der Waals surface area contributed by atoms with Crippen molar-refractivity contribution in [3.05, 3.63) is 40.4 Å². The number of halogens is 2. The van der Waals surface area contributed by atoms with E-state index in [1.165, 1.54) is 11.8 Å². The van der Waals surface area contributed by atoms with Gasteiger partial charge < -0.3 is 20.1 Å². The molecule has 140 valence electrons. The van der Waals surface area contributed by atoms with Gasteiger partial charge in [-0.15, -0.1) is 11.8 Å². The zero-order valence-electron chi connectivity index (χ0n) is 13.9. The molecule has 0 unspecified atom stereocenters. The van der Waals surface area contributed by atoms with Crippen LogP contribution in [0.4, 0.5) is 11.4 Å². The fraction of sp³-hybridized carbons (Fsp3) is 0.222. The van der Waals surface area contributed by atoms with Crippen LogP contribution in [0.1, 0.15) is 6.42 Å². The number of carbonyl (C=O) groups excluding carboxylic acids is 2. The third kappa shape index (κ3) is 3.95. The lowest BCUT2D eigenvalue weighted by Gasteiger charge is -2.24. The molecule has 27 heavy (non-hydrogen) atoms. The number of benzene rings is 2. The first kappa shape index (κ1) is 18.3. The van der Waals surface area contributed by atoms with E-state index in [0.717, 1.165) is 4.90 Å². The summed E-state index contributed by atoms with van der Waals surface area (Å²) in [6, 6.07) is 8.49. The molecule has 0 saturated carbocycles. The van der Waals surface area contributed by atoms with Crippen LogP contribution in [-0.4, -0.2) is 30.3 Å². The van der Waals surface area contributed by atoms with Crippen molar-refractivity contribution in [3.8, 4) is 11.5 Å². The molecule has 2 aliphatic rings. The van der Waals surface area contributed by atoms with Crippen LogP contribution in [0.5, 0.6) is 11.5 Å². The molecule has 0 spiro atoms. The van der Waals surface area contributed by atoms with Gasteiger partial charge in [0.2, 0.25) is 11.8 Å². The van der Waals surface area contributed by atoms with Gasteiger partial charge in [-0.1, -0.05) is 23.2 Å². The SMILES string of the molecule is O=C(C[C@H]1Sc2ccc(Cl)cc2NC1=O)Nc1cc2c(cc1Cl)OCCO2. The fourth-order valence-electron chi connectivity index (χ4n) is 2.79. The van der Waals surface area contributed by atoms with E-state index in [-0.39, 0.29) is 18.2 Å². The van der Waals surface area contributed by atoms with Crippen LogP contribution in [0.2, 0.25) is 10.0 Å². The predicted octanol–water partition coefficient (Wildman–Crippen LogP) is 4.21. The van der Waals surface area contributed by atoms with Gasteiger partial charge >= 0.3 is 0 Å². The van der Waals surface area contributed by atoms with Crippen molar-refractivity contribution in [2.24, 2.45) is 0 Å². The van der Waals surface area contributed by atoms with E-state index in [9.17, 15) is 9.59 Å². The zero-order valence-corrected chi connectivity index (χ0v) is 16.2. The summed E-state index contributed by atoms with van der Waals surface area (Å²) in [5.41, 5.74) is 1.07. The van der Waals surface area contributed by atoms with Gasteiger partial charge in [0.15, 0.2) is 11.5 Å². The van der Waals surface area contributed by atoms with Crippen LogP contribution in [0, 0.1) is 0 Å². The second-order valence-electron chi connectivity index (χ2n) is 5.96. The van der Waals surface area contributed by atoms with Crippen LogP contribution in [0.25, 0.3) is 0 Å². The van der Waals surface area contributed by atoms with E-state index in [1.54, 1.807) is 24.3 Å². The molecule has 2 N–H and O–H groups in total. The Hall–Kier alpha value is -2.09. The Morgan fingerprint density at radius 3 is 2.70 bits per heavy atom. The first-order valence-corrected chi connectivity index (χ1v) is 9.79. The van der Waals surface area contributed by atoms with Crippen LogP contribution >= 0.6 is 35.0 Å². The van der Waals surface area contributed by atoms with Gasteiger partial charge in [0, 0.05) is 28.5 Å². The van der Waals surface area contributed by atoms with E-state index in [1.807, 2.05) is 6.07 Å². The summed E-state index contributed by atoms with van der Waals surface area (Å²) < 4.78 is 11.0. The highest BCUT2D eigenvalue weighted by Crippen LogP contribution is 2.40. The minimum Gasteiger partial charge on any atom is -0.486 e. The van der Waals surface area contributed by atoms with Gasteiger partial charge in [0.25, 0.3) is 0 Å². The Balaban J connectivity index is 1.45. The van der Waals surface area contributed by atoms with E-state index < -0.39 is 5.25 Å². The van der Waals surface area contributed by atoms with E-state index in [0.29, 0.717) is 46.1 Å². The average molecular weight is 425 g/mol. The molecule has 2 heterocycles. The quantitative estimate of drug-likeness (QED) is 0.771. The molecular formula is C18H14Cl2N2O4S. The molecule has 0 bridgehead atoms. The second-order valence-corrected chi connectivity index (χ2v) is 8.05. The largest absolute Gasteiger partial charge is 0.486 e. The Kier molecular flexibility index (Phi) is 5.08. The molecular weight excluding hydrogens is 411 g/mol. The minimum atomic E-state index is -0.547. The van der Waals surface area contributed by atoms with Gasteiger partial charge in [0.05, 0.1) is 21.6 Å². The summed E-state index contributed by atoms with van der Waals surface area (Å²) >= 11 is 13.5. The molecule has 0 radical (unpaired) electrons. The topological polar surface area (TPSA) is 76.7 Å². The van der Waals surface area contributed by atoms with Gasteiger partial charge in [0.1, 0.15) is 13.2 Å². The van der Waals surface area contributed by atoms with Gasteiger partial charge in [-0.25, -0.2) is 0 Å². The summed E-state index contributed by atoms with van der Waals surface area (Å²) in [5, 5.41) is 5.86. The predicted molar refractivity (Wildman–Crippen MR) is 105 cm³/mol. The highest BCUT2D eigenvalue weighted by molar-refractivity contribution is 8.01. The lowest BCUT2D eigenvalue weighted by atomic mass is 10.2. The number of ether oxygens (including phenoxy) is 2.